The van der Waals surface area contributed by atoms with Crippen LogP contribution in [0, 0.1) is 6.92 Å². The lowest BCUT2D eigenvalue weighted by atomic mass is 10.0. The predicted molar refractivity (Wildman–Crippen MR) is 73.1 cm³/mol. The summed E-state index contributed by atoms with van der Waals surface area (Å²) < 4.78 is 0. The molecule has 4 N–H and O–H groups in total. The van der Waals surface area contributed by atoms with E-state index < -0.39 is 23.5 Å². The number of carbonyl (C=O) groups is 2. The predicted octanol–water partition coefficient (Wildman–Crippen LogP) is 1.50. The first-order valence-corrected chi connectivity index (χ1v) is 6.01. The van der Waals surface area contributed by atoms with Crippen LogP contribution >= 0.6 is 11.6 Å². The van der Waals surface area contributed by atoms with Gasteiger partial charge in [-0.15, -0.1) is 0 Å². The van der Waals surface area contributed by atoms with Gasteiger partial charge in [-0.25, -0.2) is 4.98 Å². The van der Waals surface area contributed by atoms with Crippen LogP contribution in [0.25, 0.3) is 10.8 Å². The van der Waals surface area contributed by atoms with E-state index in [1.165, 1.54) is 6.20 Å². The monoisotopic (exact) mass is 294 g/mol. The summed E-state index contributed by atoms with van der Waals surface area (Å²) in [5.41, 5.74) is 5.55. The summed E-state index contributed by atoms with van der Waals surface area (Å²) in [4.78, 5) is 26.4. The number of halogens is 1. The van der Waals surface area contributed by atoms with E-state index in [4.69, 9.17) is 22.4 Å². The number of carboxylic acid groups (broad SMARTS) is 1. The summed E-state index contributed by atoms with van der Waals surface area (Å²) in [5, 5.41) is 20.1. The van der Waals surface area contributed by atoms with Gasteiger partial charge in [-0.1, -0.05) is 17.7 Å². The smallest absolute Gasteiger partial charge is 0.328 e. The van der Waals surface area contributed by atoms with Crippen LogP contribution in [0.1, 0.15) is 16.1 Å². The molecule has 20 heavy (non-hydrogen) atoms. The molecule has 0 aliphatic carbocycles. The highest BCUT2D eigenvalue weighted by atomic mass is 35.5. The number of aliphatic carboxylic acids is 1. The molecule has 0 aliphatic rings. The molecule has 6 nitrogen and oxygen atoms in total. The maximum Gasteiger partial charge on any atom is 0.328 e. The number of fused-ring (bicyclic) bond motifs is 1. The van der Waals surface area contributed by atoms with Crippen molar-refractivity contribution >= 4 is 34.1 Å². The van der Waals surface area contributed by atoms with Crippen molar-refractivity contribution in [3.05, 3.63) is 34.6 Å². The van der Waals surface area contributed by atoms with Gasteiger partial charge < -0.3 is 15.9 Å². The van der Waals surface area contributed by atoms with Crippen molar-refractivity contribution in [3.63, 3.8) is 0 Å². The zero-order chi connectivity index (χ0) is 15.0. The zero-order valence-corrected chi connectivity index (χ0v) is 11.2. The lowest BCUT2D eigenvalue weighted by molar-refractivity contribution is -0.137. The maximum atomic E-state index is 11.9. The normalized spacial score (nSPS) is 12.3. The molecule has 0 spiro atoms. The van der Waals surface area contributed by atoms with E-state index in [0.29, 0.717) is 21.4 Å². The number of aromatic hydroxyl groups is 1. The quantitative estimate of drug-likeness (QED) is 0.584. The second-order valence-electron chi connectivity index (χ2n) is 4.29. The molecule has 0 radical (unpaired) electrons. The highest BCUT2D eigenvalue weighted by Gasteiger charge is 2.27. The van der Waals surface area contributed by atoms with Gasteiger partial charge >= 0.3 is 5.97 Å². The van der Waals surface area contributed by atoms with Crippen LogP contribution < -0.4 is 5.73 Å². The second-order valence-corrected chi connectivity index (χ2v) is 4.70. The Morgan fingerprint density at radius 2 is 2.05 bits per heavy atom. The van der Waals surface area contributed by atoms with Crippen molar-refractivity contribution in [2.75, 3.05) is 0 Å². The Morgan fingerprint density at radius 3 is 2.65 bits per heavy atom. The summed E-state index contributed by atoms with van der Waals surface area (Å²) in [7, 11) is 0. The molecule has 0 aliphatic heterocycles. The summed E-state index contributed by atoms with van der Waals surface area (Å²) in [6.07, 6.45) is 1.31. The van der Waals surface area contributed by atoms with Crippen molar-refractivity contribution in [3.8, 4) is 5.75 Å². The molecule has 1 aromatic heterocycles. The number of rotatable bonds is 3. The number of aromatic nitrogens is 1. The number of carbonyl (C=O) groups excluding carboxylic acids is 1. The van der Waals surface area contributed by atoms with Crippen molar-refractivity contribution in [1.29, 1.82) is 0 Å². The first kappa shape index (κ1) is 14.2. The Kier molecular flexibility index (Phi) is 3.61. The van der Waals surface area contributed by atoms with Crippen molar-refractivity contribution in [2.24, 2.45) is 5.73 Å². The molecular weight excluding hydrogens is 284 g/mol. The number of carboxylic acids is 1. The summed E-state index contributed by atoms with van der Waals surface area (Å²) in [6.45, 7) is 1.73. The molecule has 7 heteroatoms. The minimum absolute atomic E-state index is 0.355. The number of benzene rings is 1. The van der Waals surface area contributed by atoms with Gasteiger partial charge in [0.1, 0.15) is 0 Å². The first-order chi connectivity index (χ1) is 9.34. The van der Waals surface area contributed by atoms with Crippen LogP contribution in [-0.2, 0) is 4.79 Å². The molecule has 2 aromatic rings. The molecule has 0 saturated carbocycles. The average molecular weight is 295 g/mol. The number of nitrogens with zero attached hydrogens (tertiary/aromatic N) is 1. The topological polar surface area (TPSA) is 114 Å². The van der Waals surface area contributed by atoms with Gasteiger partial charge in [-0.05, 0) is 18.6 Å². The Labute approximate surface area is 118 Å². The fourth-order valence-corrected chi connectivity index (χ4v) is 2.10. The second kappa shape index (κ2) is 5.07. The van der Waals surface area contributed by atoms with Gasteiger partial charge in [0.05, 0.1) is 5.02 Å². The number of pyridine rings is 1. The number of ketones is 1. The van der Waals surface area contributed by atoms with E-state index in [2.05, 4.69) is 4.98 Å². The molecule has 0 bridgehead atoms. The standard InChI is InChI=1S/C13H11ClN2O4/c1-5-2-3-7(14)6-4-16-10(11(17)8(5)6)12(18)9(15)13(19)20/h2-4,9,17H,15H2,1H3,(H,19,20). The lowest BCUT2D eigenvalue weighted by Crippen LogP contribution is -2.38. The van der Waals surface area contributed by atoms with E-state index in [0.717, 1.165) is 0 Å². The third-order valence-corrected chi connectivity index (χ3v) is 3.30. The van der Waals surface area contributed by atoms with E-state index in [1.54, 1.807) is 19.1 Å². The third-order valence-electron chi connectivity index (χ3n) is 2.97. The Hall–Kier alpha value is -2.18. The largest absolute Gasteiger partial charge is 0.505 e. The highest BCUT2D eigenvalue weighted by molar-refractivity contribution is 6.36. The molecule has 2 rings (SSSR count). The number of nitrogens with two attached hydrogens (primary N) is 1. The van der Waals surface area contributed by atoms with Gasteiger partial charge in [-0.2, -0.15) is 0 Å². The molecule has 0 saturated heterocycles. The third kappa shape index (κ3) is 2.19. The fourth-order valence-electron chi connectivity index (χ4n) is 1.89. The van der Waals surface area contributed by atoms with Crippen LogP contribution in [0.3, 0.4) is 0 Å². The van der Waals surface area contributed by atoms with Crippen molar-refractivity contribution in [2.45, 2.75) is 13.0 Å². The number of hydrogen-bond acceptors (Lipinski definition) is 5. The molecule has 1 heterocycles. The SMILES string of the molecule is Cc1ccc(Cl)c2cnc(C(=O)C(N)C(=O)O)c(O)c12. The van der Waals surface area contributed by atoms with Crippen LogP contribution in [0.5, 0.6) is 5.75 Å². The summed E-state index contributed by atoms with van der Waals surface area (Å²) in [6, 6.07) is 1.55. The summed E-state index contributed by atoms with van der Waals surface area (Å²) in [5.74, 6) is -2.86. The van der Waals surface area contributed by atoms with E-state index in [1.807, 2.05) is 0 Å². The zero-order valence-electron chi connectivity index (χ0n) is 10.4. The molecule has 0 amide bonds. The van der Waals surface area contributed by atoms with E-state index >= 15 is 0 Å². The first-order valence-electron chi connectivity index (χ1n) is 5.64. The lowest BCUT2D eigenvalue weighted by Gasteiger charge is -2.11. The molecular formula is C13H11ClN2O4. The Balaban J connectivity index is 2.69. The van der Waals surface area contributed by atoms with Gasteiger partial charge in [0.15, 0.2) is 17.5 Å². The number of aryl methyl sites for hydroxylation is 1. The molecule has 1 aromatic carbocycles. The Morgan fingerprint density at radius 1 is 1.40 bits per heavy atom. The average Bonchev–Trinajstić information content (AvgIpc) is 2.41. The minimum Gasteiger partial charge on any atom is -0.505 e. The molecule has 0 fully saturated rings. The van der Waals surface area contributed by atoms with Crippen molar-refractivity contribution < 1.29 is 19.8 Å². The number of Topliss-reactive ketones (excluding diaryl/α,β-unsaturated/α-hetero) is 1. The molecule has 104 valence electrons. The maximum absolute atomic E-state index is 11.9. The van der Waals surface area contributed by atoms with Crippen molar-refractivity contribution in [1.82, 2.24) is 4.98 Å². The number of hydrogen-bond donors (Lipinski definition) is 3. The van der Waals surface area contributed by atoms with E-state index in [-0.39, 0.29) is 5.69 Å². The Bertz CT molecular complexity index is 730. The van der Waals surface area contributed by atoms with Crippen LogP contribution in [0.15, 0.2) is 18.3 Å². The molecule has 1 atom stereocenters. The molecule has 1 unspecified atom stereocenters. The van der Waals surface area contributed by atoms with Crippen LogP contribution in [0.4, 0.5) is 0 Å². The van der Waals surface area contributed by atoms with Gasteiger partial charge in [0, 0.05) is 17.0 Å². The fraction of sp³-hybridized carbons (Fsp3) is 0.154. The van der Waals surface area contributed by atoms with Crippen LogP contribution in [-0.4, -0.2) is 33.0 Å². The van der Waals surface area contributed by atoms with Gasteiger partial charge in [0.2, 0.25) is 5.78 Å². The van der Waals surface area contributed by atoms with Gasteiger partial charge in [0.25, 0.3) is 0 Å². The minimum atomic E-state index is -1.77. The van der Waals surface area contributed by atoms with Gasteiger partial charge in [-0.3, -0.25) is 9.59 Å². The highest BCUT2D eigenvalue weighted by Crippen LogP contribution is 2.34. The van der Waals surface area contributed by atoms with E-state index in [9.17, 15) is 14.7 Å². The van der Waals surface area contributed by atoms with Crippen LogP contribution in [0.2, 0.25) is 5.02 Å². The summed E-state index contributed by atoms with van der Waals surface area (Å²) >= 11 is 5.99.